The Balaban J connectivity index is 1.90. The number of benzene rings is 1. The van der Waals surface area contributed by atoms with Crippen molar-refractivity contribution in [2.75, 3.05) is 26.8 Å². The molecule has 0 radical (unpaired) electrons. The van der Waals surface area contributed by atoms with Gasteiger partial charge in [-0.25, -0.2) is 8.42 Å². The van der Waals surface area contributed by atoms with Crippen LogP contribution in [0, 0.1) is 12.8 Å². The molecule has 3 rings (SSSR count). The van der Waals surface area contributed by atoms with Crippen LogP contribution in [0.2, 0.25) is 0 Å². The topological polar surface area (TPSA) is 59.5 Å². The third-order valence-electron chi connectivity index (χ3n) is 4.48. The number of hydrogen-bond acceptors (Lipinski definition) is 4. The number of aryl methyl sites for hydroxylation is 1. The normalized spacial score (nSPS) is 21.9. The number of pyridine rings is 1. The number of hydrogen-bond donors (Lipinski definition) is 0. The molecule has 2 atom stereocenters. The molecule has 128 valence electrons. The van der Waals surface area contributed by atoms with Crippen molar-refractivity contribution in [3.8, 4) is 0 Å². The third kappa shape index (κ3) is 3.36. The molecule has 0 bridgehead atoms. The molecule has 0 spiro atoms. The van der Waals surface area contributed by atoms with E-state index in [0.29, 0.717) is 24.6 Å². The first-order valence-electron chi connectivity index (χ1n) is 7.99. The highest BCUT2D eigenvalue weighted by Crippen LogP contribution is 2.35. The fraction of sp³-hybridized carbons (Fsp3) is 0.389. The summed E-state index contributed by atoms with van der Waals surface area (Å²) >= 11 is 0. The second kappa shape index (κ2) is 7.01. The Morgan fingerprint density at radius 3 is 2.71 bits per heavy atom. The standard InChI is InChI=1S/C18H22N2O3S/c1-14-6-5-7-16(10-14)24(21,22)20-11-15(13-23-2)17(12-20)18-8-3-4-9-19-18/h3-10,15,17H,11-13H2,1-2H3/t15-,17+/m0/s1. The van der Waals surface area contributed by atoms with Crippen LogP contribution in [0.4, 0.5) is 0 Å². The van der Waals surface area contributed by atoms with E-state index in [0.717, 1.165) is 11.3 Å². The summed E-state index contributed by atoms with van der Waals surface area (Å²) in [7, 11) is -1.86. The molecule has 0 aliphatic carbocycles. The van der Waals surface area contributed by atoms with Gasteiger partial charge in [0.25, 0.3) is 0 Å². The van der Waals surface area contributed by atoms with Crippen molar-refractivity contribution >= 4 is 10.0 Å². The summed E-state index contributed by atoms with van der Waals surface area (Å²) in [4.78, 5) is 4.77. The molecule has 1 aliphatic rings. The molecule has 2 heterocycles. The van der Waals surface area contributed by atoms with E-state index in [2.05, 4.69) is 4.98 Å². The summed E-state index contributed by atoms with van der Waals surface area (Å²) < 4.78 is 32.8. The summed E-state index contributed by atoms with van der Waals surface area (Å²) in [5.41, 5.74) is 1.85. The zero-order chi connectivity index (χ0) is 17.2. The average molecular weight is 346 g/mol. The number of rotatable bonds is 5. The van der Waals surface area contributed by atoms with Gasteiger partial charge in [-0.3, -0.25) is 4.98 Å². The molecule has 1 aliphatic heterocycles. The molecule has 24 heavy (non-hydrogen) atoms. The van der Waals surface area contributed by atoms with Crippen LogP contribution in [0.3, 0.4) is 0 Å². The average Bonchev–Trinajstić information content (AvgIpc) is 3.01. The van der Waals surface area contributed by atoms with Crippen LogP contribution in [0.1, 0.15) is 17.2 Å². The van der Waals surface area contributed by atoms with E-state index in [-0.39, 0.29) is 11.8 Å². The van der Waals surface area contributed by atoms with Gasteiger partial charge >= 0.3 is 0 Å². The van der Waals surface area contributed by atoms with Crippen LogP contribution in [0.5, 0.6) is 0 Å². The van der Waals surface area contributed by atoms with Crippen LogP contribution in [-0.2, 0) is 14.8 Å². The maximum Gasteiger partial charge on any atom is 0.243 e. The predicted molar refractivity (Wildman–Crippen MR) is 92.3 cm³/mol. The molecule has 2 aromatic rings. The molecule has 1 fully saturated rings. The predicted octanol–water partition coefficient (Wildman–Crippen LogP) is 2.44. The van der Waals surface area contributed by atoms with Gasteiger partial charge in [0, 0.05) is 43.9 Å². The highest BCUT2D eigenvalue weighted by molar-refractivity contribution is 7.89. The molecule has 5 nitrogen and oxygen atoms in total. The van der Waals surface area contributed by atoms with E-state index in [1.165, 1.54) is 0 Å². The lowest BCUT2D eigenvalue weighted by molar-refractivity contribution is 0.150. The Labute approximate surface area is 143 Å². The van der Waals surface area contributed by atoms with Gasteiger partial charge in [0.15, 0.2) is 0 Å². The van der Waals surface area contributed by atoms with E-state index in [9.17, 15) is 8.42 Å². The number of sulfonamides is 1. The van der Waals surface area contributed by atoms with E-state index >= 15 is 0 Å². The van der Waals surface area contributed by atoms with Crippen molar-refractivity contribution in [3.63, 3.8) is 0 Å². The van der Waals surface area contributed by atoms with Crippen LogP contribution < -0.4 is 0 Å². The highest BCUT2D eigenvalue weighted by Gasteiger charge is 2.40. The van der Waals surface area contributed by atoms with Crippen molar-refractivity contribution in [1.29, 1.82) is 0 Å². The summed E-state index contributed by atoms with van der Waals surface area (Å²) in [6.07, 6.45) is 1.75. The minimum Gasteiger partial charge on any atom is -0.384 e. The molecule has 0 N–H and O–H groups in total. The molecule has 1 aromatic heterocycles. The van der Waals surface area contributed by atoms with Crippen molar-refractivity contribution in [2.45, 2.75) is 17.7 Å². The van der Waals surface area contributed by atoms with E-state index in [1.807, 2.05) is 31.2 Å². The summed E-state index contributed by atoms with van der Waals surface area (Å²) in [5.74, 6) is 0.148. The van der Waals surface area contributed by atoms with E-state index in [4.69, 9.17) is 4.74 Å². The van der Waals surface area contributed by atoms with Crippen LogP contribution in [0.15, 0.2) is 53.6 Å². The van der Waals surface area contributed by atoms with Gasteiger partial charge in [-0.05, 0) is 36.8 Å². The van der Waals surface area contributed by atoms with Gasteiger partial charge in [0.05, 0.1) is 11.5 Å². The first kappa shape index (κ1) is 17.1. The molecule has 1 saturated heterocycles. The van der Waals surface area contributed by atoms with Gasteiger partial charge in [0.2, 0.25) is 10.0 Å². The number of nitrogens with zero attached hydrogens (tertiary/aromatic N) is 2. The lowest BCUT2D eigenvalue weighted by Gasteiger charge is -2.16. The second-order valence-corrected chi connectivity index (χ2v) is 8.15. The molecule has 1 aromatic carbocycles. The molecule has 0 unspecified atom stereocenters. The number of ether oxygens (including phenoxy) is 1. The Hall–Kier alpha value is -1.76. The first-order valence-corrected chi connectivity index (χ1v) is 9.43. The SMILES string of the molecule is COC[C@@H]1CN(S(=O)(=O)c2cccc(C)c2)C[C@H]1c1ccccn1. The Morgan fingerprint density at radius 2 is 2.04 bits per heavy atom. The Morgan fingerprint density at radius 1 is 1.21 bits per heavy atom. The van der Waals surface area contributed by atoms with Gasteiger partial charge in [-0.2, -0.15) is 4.31 Å². The fourth-order valence-electron chi connectivity index (χ4n) is 3.27. The lowest BCUT2D eigenvalue weighted by Crippen LogP contribution is -2.29. The van der Waals surface area contributed by atoms with Crippen molar-refractivity contribution in [2.24, 2.45) is 5.92 Å². The number of aromatic nitrogens is 1. The monoisotopic (exact) mass is 346 g/mol. The van der Waals surface area contributed by atoms with Gasteiger partial charge in [-0.15, -0.1) is 0 Å². The van der Waals surface area contributed by atoms with Gasteiger partial charge < -0.3 is 4.74 Å². The minimum absolute atomic E-state index is 0.0470. The van der Waals surface area contributed by atoms with Crippen LogP contribution in [0.25, 0.3) is 0 Å². The number of methoxy groups -OCH3 is 1. The van der Waals surface area contributed by atoms with Gasteiger partial charge in [-0.1, -0.05) is 18.2 Å². The maximum absolute atomic E-state index is 13.0. The first-order chi connectivity index (χ1) is 11.5. The molecular weight excluding hydrogens is 324 g/mol. The Bertz CT molecular complexity index is 793. The highest BCUT2D eigenvalue weighted by atomic mass is 32.2. The van der Waals surface area contributed by atoms with Gasteiger partial charge in [0.1, 0.15) is 0 Å². The van der Waals surface area contributed by atoms with Crippen LogP contribution in [-0.4, -0.2) is 44.5 Å². The smallest absolute Gasteiger partial charge is 0.243 e. The zero-order valence-electron chi connectivity index (χ0n) is 13.9. The van der Waals surface area contributed by atoms with Crippen LogP contribution >= 0.6 is 0 Å². The summed E-state index contributed by atoms with van der Waals surface area (Å²) in [6.45, 7) is 3.29. The van der Waals surface area contributed by atoms with Crippen molar-refractivity contribution < 1.29 is 13.2 Å². The van der Waals surface area contributed by atoms with Crippen molar-refractivity contribution in [3.05, 3.63) is 59.9 Å². The fourth-order valence-corrected chi connectivity index (χ4v) is 4.89. The molecule has 0 amide bonds. The largest absolute Gasteiger partial charge is 0.384 e. The molecular formula is C18H22N2O3S. The Kier molecular flexibility index (Phi) is 4.99. The van der Waals surface area contributed by atoms with E-state index in [1.54, 1.807) is 35.8 Å². The maximum atomic E-state index is 13.0. The lowest BCUT2D eigenvalue weighted by atomic mass is 9.93. The minimum atomic E-state index is -3.50. The summed E-state index contributed by atoms with van der Waals surface area (Å²) in [6, 6.07) is 12.8. The molecule has 0 saturated carbocycles. The zero-order valence-corrected chi connectivity index (χ0v) is 14.7. The third-order valence-corrected chi connectivity index (χ3v) is 6.31. The van der Waals surface area contributed by atoms with Crippen molar-refractivity contribution in [1.82, 2.24) is 9.29 Å². The molecule has 6 heteroatoms. The quantitative estimate of drug-likeness (QED) is 0.834. The second-order valence-electron chi connectivity index (χ2n) is 6.22. The summed E-state index contributed by atoms with van der Waals surface area (Å²) in [5, 5.41) is 0. The van der Waals surface area contributed by atoms with E-state index < -0.39 is 10.0 Å².